The maximum absolute atomic E-state index is 6.09. The molecule has 3 heterocycles. The van der Waals surface area contributed by atoms with Crippen molar-refractivity contribution in [3.8, 4) is 17.1 Å². The van der Waals surface area contributed by atoms with Gasteiger partial charge in [-0.15, -0.1) is 10.2 Å². The number of hydrogen-bond donors (Lipinski definition) is 1. The molecule has 0 saturated carbocycles. The highest BCUT2D eigenvalue weighted by Crippen LogP contribution is 2.36. The third-order valence-corrected chi connectivity index (χ3v) is 4.81. The van der Waals surface area contributed by atoms with E-state index in [1.54, 1.807) is 18.0 Å². The van der Waals surface area contributed by atoms with Gasteiger partial charge in [-0.2, -0.15) is 4.98 Å². The molecule has 2 aromatic heterocycles. The summed E-state index contributed by atoms with van der Waals surface area (Å²) in [7, 11) is 0. The third kappa shape index (κ3) is 3.57. The Labute approximate surface area is 155 Å². The van der Waals surface area contributed by atoms with E-state index in [1.165, 1.54) is 0 Å². The molecule has 0 fully saturated rings. The smallest absolute Gasteiger partial charge is 0.247 e. The van der Waals surface area contributed by atoms with Crippen molar-refractivity contribution in [2.75, 3.05) is 11.1 Å². The van der Waals surface area contributed by atoms with Crippen molar-refractivity contribution in [1.82, 2.24) is 15.2 Å². The summed E-state index contributed by atoms with van der Waals surface area (Å²) in [6, 6.07) is 11.6. The van der Waals surface area contributed by atoms with Crippen LogP contribution in [-0.4, -0.2) is 27.2 Å². The maximum Gasteiger partial charge on any atom is 0.247 e. The molecule has 0 aliphatic carbocycles. The first-order valence-corrected chi connectivity index (χ1v) is 9.44. The van der Waals surface area contributed by atoms with E-state index in [9.17, 15) is 0 Å². The molecule has 4 rings (SSSR count). The minimum atomic E-state index is -0.400. The topological polar surface area (TPSA) is 73.1 Å². The van der Waals surface area contributed by atoms with Gasteiger partial charge in [-0.3, -0.25) is 0 Å². The lowest BCUT2D eigenvalue weighted by Gasteiger charge is -2.15. The molecule has 7 heteroatoms. The van der Waals surface area contributed by atoms with E-state index >= 15 is 0 Å². The number of nitrogens with one attached hydrogen (secondary N) is 1. The predicted octanol–water partition coefficient (Wildman–Crippen LogP) is 4.48. The minimum Gasteiger partial charge on any atom is -0.465 e. The summed E-state index contributed by atoms with van der Waals surface area (Å²) in [6.07, 6.45) is 6.05. The molecule has 0 spiro atoms. The SMILES string of the molecule is CCCSc1nnc2c(n1)O[C@H](/C=C\c1ccco1)Nc1ccccc1-2. The van der Waals surface area contributed by atoms with Crippen molar-refractivity contribution < 1.29 is 9.15 Å². The van der Waals surface area contributed by atoms with Crippen LogP contribution >= 0.6 is 11.8 Å². The summed E-state index contributed by atoms with van der Waals surface area (Å²) < 4.78 is 11.4. The number of fused-ring (bicyclic) bond motifs is 3. The molecule has 1 aliphatic heterocycles. The van der Waals surface area contributed by atoms with Gasteiger partial charge >= 0.3 is 0 Å². The van der Waals surface area contributed by atoms with Crippen molar-refractivity contribution in [3.63, 3.8) is 0 Å². The van der Waals surface area contributed by atoms with Gasteiger partial charge in [0.2, 0.25) is 11.0 Å². The molecule has 1 aliphatic rings. The van der Waals surface area contributed by atoms with Crippen LogP contribution in [0.25, 0.3) is 17.3 Å². The van der Waals surface area contributed by atoms with Crippen molar-refractivity contribution in [2.24, 2.45) is 0 Å². The van der Waals surface area contributed by atoms with Crippen molar-refractivity contribution in [3.05, 3.63) is 54.5 Å². The lowest BCUT2D eigenvalue weighted by Crippen LogP contribution is -2.23. The van der Waals surface area contributed by atoms with E-state index < -0.39 is 6.23 Å². The standard InChI is InChI=1S/C19H18N4O2S/c1-2-12-26-19-21-18-17(22-23-19)14-7-3-4-8-15(14)20-16(25-18)10-9-13-6-5-11-24-13/h3-11,16,20H,2,12H2,1H3/b10-9-/t16-/m1/s1. The highest BCUT2D eigenvalue weighted by Gasteiger charge is 2.23. The van der Waals surface area contributed by atoms with E-state index in [0.717, 1.165) is 29.2 Å². The quantitative estimate of drug-likeness (QED) is 0.668. The van der Waals surface area contributed by atoms with E-state index in [-0.39, 0.29) is 0 Å². The number of thioether (sulfide) groups is 1. The van der Waals surface area contributed by atoms with Crippen LogP contribution in [0.2, 0.25) is 0 Å². The second-order valence-corrected chi connectivity index (χ2v) is 6.76. The van der Waals surface area contributed by atoms with Gasteiger partial charge in [0.05, 0.1) is 6.26 Å². The molecule has 26 heavy (non-hydrogen) atoms. The Hall–Kier alpha value is -2.80. The fraction of sp³-hybridized carbons (Fsp3) is 0.211. The van der Waals surface area contributed by atoms with Crippen molar-refractivity contribution in [1.29, 1.82) is 0 Å². The second-order valence-electron chi connectivity index (χ2n) is 5.70. The molecule has 0 amide bonds. The molecular formula is C19H18N4O2S. The van der Waals surface area contributed by atoms with Gasteiger partial charge in [-0.1, -0.05) is 36.9 Å². The summed E-state index contributed by atoms with van der Waals surface area (Å²) in [5, 5.41) is 12.6. The number of rotatable bonds is 5. The molecular weight excluding hydrogens is 348 g/mol. The summed E-state index contributed by atoms with van der Waals surface area (Å²) >= 11 is 1.58. The van der Waals surface area contributed by atoms with Crippen molar-refractivity contribution >= 4 is 23.5 Å². The molecule has 3 aromatic rings. The van der Waals surface area contributed by atoms with Gasteiger partial charge in [0.25, 0.3) is 0 Å². The Morgan fingerprint density at radius 1 is 1.19 bits per heavy atom. The van der Waals surface area contributed by atoms with Gasteiger partial charge in [-0.05, 0) is 36.8 Å². The molecule has 1 N–H and O–H groups in total. The number of ether oxygens (including phenoxy) is 1. The van der Waals surface area contributed by atoms with Crippen LogP contribution in [0.15, 0.2) is 58.3 Å². The maximum atomic E-state index is 6.09. The van der Waals surface area contributed by atoms with Crippen LogP contribution in [0.3, 0.4) is 0 Å². The highest BCUT2D eigenvalue weighted by atomic mass is 32.2. The first-order valence-electron chi connectivity index (χ1n) is 8.45. The Bertz CT molecular complexity index is 912. The number of para-hydroxylation sites is 1. The minimum absolute atomic E-state index is 0.400. The van der Waals surface area contributed by atoms with E-state index in [0.29, 0.717) is 16.7 Å². The van der Waals surface area contributed by atoms with Crippen LogP contribution in [0, 0.1) is 0 Å². The number of aromatic nitrogens is 3. The van der Waals surface area contributed by atoms with Gasteiger partial charge in [-0.25, -0.2) is 0 Å². The van der Waals surface area contributed by atoms with Crippen LogP contribution in [0.4, 0.5) is 5.69 Å². The molecule has 132 valence electrons. The lowest BCUT2D eigenvalue weighted by molar-refractivity contribution is 0.266. The molecule has 6 nitrogen and oxygen atoms in total. The molecule has 0 radical (unpaired) electrons. The monoisotopic (exact) mass is 366 g/mol. The predicted molar refractivity (Wildman–Crippen MR) is 102 cm³/mol. The van der Waals surface area contributed by atoms with Gasteiger partial charge in [0, 0.05) is 17.0 Å². The average Bonchev–Trinajstić information content (AvgIpc) is 3.13. The Morgan fingerprint density at radius 2 is 2.12 bits per heavy atom. The normalized spacial score (nSPS) is 15.7. The molecule has 1 atom stereocenters. The Morgan fingerprint density at radius 3 is 2.96 bits per heavy atom. The van der Waals surface area contributed by atoms with Crippen LogP contribution < -0.4 is 10.1 Å². The number of benzene rings is 1. The molecule has 1 aromatic carbocycles. The Balaban J connectivity index is 1.70. The van der Waals surface area contributed by atoms with E-state index in [4.69, 9.17) is 9.15 Å². The highest BCUT2D eigenvalue weighted by molar-refractivity contribution is 7.99. The van der Waals surface area contributed by atoms with E-state index in [1.807, 2.05) is 48.6 Å². The zero-order chi connectivity index (χ0) is 17.8. The molecule has 0 bridgehead atoms. The number of hydrogen-bond acceptors (Lipinski definition) is 7. The number of furan rings is 1. The largest absolute Gasteiger partial charge is 0.465 e. The third-order valence-electron chi connectivity index (χ3n) is 3.77. The van der Waals surface area contributed by atoms with Crippen LogP contribution in [0.1, 0.15) is 19.1 Å². The fourth-order valence-corrected chi connectivity index (χ4v) is 3.21. The first-order chi connectivity index (χ1) is 12.8. The van der Waals surface area contributed by atoms with Crippen LogP contribution in [-0.2, 0) is 0 Å². The second kappa shape index (κ2) is 7.61. The summed E-state index contributed by atoms with van der Waals surface area (Å²) in [6.45, 7) is 2.12. The number of nitrogens with zero attached hydrogens (tertiary/aromatic N) is 3. The van der Waals surface area contributed by atoms with Gasteiger partial charge in [0.1, 0.15) is 5.76 Å². The van der Waals surface area contributed by atoms with E-state index in [2.05, 4.69) is 27.4 Å². The Kier molecular flexibility index (Phi) is 4.88. The van der Waals surface area contributed by atoms with Gasteiger partial charge < -0.3 is 14.5 Å². The fourth-order valence-electron chi connectivity index (χ4n) is 2.58. The summed E-state index contributed by atoms with van der Waals surface area (Å²) in [5.41, 5.74) is 2.48. The van der Waals surface area contributed by atoms with Gasteiger partial charge in [0.15, 0.2) is 11.9 Å². The van der Waals surface area contributed by atoms with Crippen LogP contribution in [0.5, 0.6) is 5.88 Å². The average molecular weight is 366 g/mol. The molecule has 0 saturated heterocycles. The summed E-state index contributed by atoms with van der Waals surface area (Å²) in [5.74, 6) is 2.18. The molecule has 0 unspecified atom stereocenters. The van der Waals surface area contributed by atoms with Crippen molar-refractivity contribution in [2.45, 2.75) is 24.7 Å². The zero-order valence-electron chi connectivity index (χ0n) is 14.3. The number of anilines is 1. The first kappa shape index (κ1) is 16.7. The zero-order valence-corrected chi connectivity index (χ0v) is 15.1. The summed E-state index contributed by atoms with van der Waals surface area (Å²) in [4.78, 5) is 4.57. The lowest BCUT2D eigenvalue weighted by atomic mass is 10.1.